The Kier molecular flexibility index (Phi) is 5.47. The van der Waals surface area contributed by atoms with Crippen LogP contribution >= 0.6 is 23.2 Å². The number of nitrogens with zero attached hydrogens (tertiary/aromatic N) is 2. The van der Waals surface area contributed by atoms with Gasteiger partial charge < -0.3 is 15.4 Å². The predicted molar refractivity (Wildman–Crippen MR) is 87.1 cm³/mol. The van der Waals surface area contributed by atoms with Gasteiger partial charge in [-0.05, 0) is 24.6 Å². The van der Waals surface area contributed by atoms with Gasteiger partial charge in [-0.3, -0.25) is 0 Å². The summed E-state index contributed by atoms with van der Waals surface area (Å²) in [7, 11) is 1.57. The van der Waals surface area contributed by atoms with Crippen LogP contribution in [-0.2, 0) is 0 Å². The van der Waals surface area contributed by atoms with Crippen LogP contribution in [0.15, 0.2) is 24.4 Å². The highest BCUT2D eigenvalue weighted by atomic mass is 35.5. The molecule has 2 N–H and O–H groups in total. The van der Waals surface area contributed by atoms with E-state index >= 15 is 0 Å². The zero-order valence-corrected chi connectivity index (χ0v) is 13.3. The van der Waals surface area contributed by atoms with Gasteiger partial charge in [-0.25, -0.2) is 4.98 Å². The van der Waals surface area contributed by atoms with Gasteiger partial charge in [0.1, 0.15) is 10.8 Å². The van der Waals surface area contributed by atoms with E-state index in [0.717, 1.165) is 18.7 Å². The second kappa shape index (κ2) is 7.33. The van der Waals surface area contributed by atoms with Gasteiger partial charge in [-0.1, -0.05) is 30.1 Å². The lowest BCUT2D eigenvalue weighted by Crippen LogP contribution is -2.06. The standard InChI is InChI=1S/C14H16Cl2N4O/c1-3-6-17-14-18-8-11(16)13(20-14)19-9-4-5-12(21-2)10(15)7-9/h4-5,7-8H,3,6H2,1-2H3,(H2,17,18,19,20). The summed E-state index contributed by atoms with van der Waals surface area (Å²) in [6, 6.07) is 5.36. The Morgan fingerprint density at radius 2 is 2.05 bits per heavy atom. The Morgan fingerprint density at radius 3 is 2.71 bits per heavy atom. The van der Waals surface area contributed by atoms with Gasteiger partial charge in [-0.15, -0.1) is 0 Å². The smallest absolute Gasteiger partial charge is 0.224 e. The molecule has 0 saturated heterocycles. The fraction of sp³-hybridized carbons (Fsp3) is 0.286. The highest BCUT2D eigenvalue weighted by molar-refractivity contribution is 6.33. The third-order valence-electron chi connectivity index (χ3n) is 2.69. The molecule has 0 unspecified atom stereocenters. The van der Waals surface area contributed by atoms with Crippen LogP contribution in [0.1, 0.15) is 13.3 Å². The van der Waals surface area contributed by atoms with Crippen LogP contribution in [0.4, 0.5) is 17.5 Å². The number of aromatic nitrogens is 2. The molecule has 0 amide bonds. The number of hydrogen-bond donors (Lipinski definition) is 2. The molecule has 0 saturated carbocycles. The van der Waals surface area contributed by atoms with E-state index in [0.29, 0.717) is 27.6 Å². The summed E-state index contributed by atoms with van der Waals surface area (Å²) in [5.41, 5.74) is 0.767. The lowest BCUT2D eigenvalue weighted by Gasteiger charge is -2.11. The molecular formula is C14H16Cl2N4O. The maximum Gasteiger partial charge on any atom is 0.224 e. The molecule has 7 heteroatoms. The number of methoxy groups -OCH3 is 1. The van der Waals surface area contributed by atoms with E-state index in [1.165, 1.54) is 0 Å². The van der Waals surface area contributed by atoms with Crippen molar-refractivity contribution < 1.29 is 4.74 Å². The third-order valence-corrected chi connectivity index (χ3v) is 3.26. The normalized spacial score (nSPS) is 10.3. The molecule has 112 valence electrons. The number of anilines is 3. The van der Waals surface area contributed by atoms with Gasteiger partial charge >= 0.3 is 0 Å². The van der Waals surface area contributed by atoms with E-state index in [1.807, 2.05) is 6.07 Å². The minimum Gasteiger partial charge on any atom is -0.495 e. The van der Waals surface area contributed by atoms with Crippen molar-refractivity contribution in [2.45, 2.75) is 13.3 Å². The number of benzene rings is 1. The Hall–Kier alpha value is -1.72. The largest absolute Gasteiger partial charge is 0.495 e. The van der Waals surface area contributed by atoms with Crippen LogP contribution in [0.25, 0.3) is 0 Å². The molecule has 2 rings (SSSR count). The minimum atomic E-state index is 0.434. The summed E-state index contributed by atoms with van der Waals surface area (Å²) in [6.07, 6.45) is 2.54. The Morgan fingerprint density at radius 1 is 1.24 bits per heavy atom. The lowest BCUT2D eigenvalue weighted by molar-refractivity contribution is 0.415. The zero-order chi connectivity index (χ0) is 15.2. The van der Waals surface area contributed by atoms with E-state index in [4.69, 9.17) is 27.9 Å². The van der Waals surface area contributed by atoms with E-state index < -0.39 is 0 Å². The van der Waals surface area contributed by atoms with Gasteiger partial charge in [0.05, 0.1) is 18.3 Å². The first-order chi connectivity index (χ1) is 10.1. The third kappa shape index (κ3) is 4.12. The maximum atomic E-state index is 6.11. The Balaban J connectivity index is 2.20. The van der Waals surface area contributed by atoms with Crippen LogP contribution in [0.5, 0.6) is 5.75 Å². The van der Waals surface area contributed by atoms with Crippen LogP contribution in [0, 0.1) is 0 Å². The van der Waals surface area contributed by atoms with Crippen molar-refractivity contribution in [3.05, 3.63) is 34.4 Å². The Labute approximate surface area is 133 Å². The summed E-state index contributed by atoms with van der Waals surface area (Å²) in [4.78, 5) is 8.46. The fourth-order valence-corrected chi connectivity index (χ4v) is 2.05. The average Bonchev–Trinajstić information content (AvgIpc) is 2.48. The van der Waals surface area contributed by atoms with Crippen LogP contribution in [-0.4, -0.2) is 23.6 Å². The van der Waals surface area contributed by atoms with E-state index in [9.17, 15) is 0 Å². The first-order valence-electron chi connectivity index (χ1n) is 6.51. The number of halogens is 2. The Bertz CT molecular complexity index is 622. The molecule has 0 aliphatic rings. The van der Waals surface area contributed by atoms with Crippen molar-refractivity contribution in [2.75, 3.05) is 24.3 Å². The van der Waals surface area contributed by atoms with E-state index in [1.54, 1.807) is 25.4 Å². The summed E-state index contributed by atoms with van der Waals surface area (Å²) in [5.74, 6) is 1.66. The van der Waals surface area contributed by atoms with Crippen molar-refractivity contribution in [1.29, 1.82) is 0 Å². The van der Waals surface area contributed by atoms with Crippen LogP contribution in [0.2, 0.25) is 10.0 Å². The fourth-order valence-electron chi connectivity index (χ4n) is 1.66. The molecule has 0 aliphatic heterocycles. The predicted octanol–water partition coefficient (Wildman–Crippen LogP) is 4.36. The molecule has 2 aromatic rings. The minimum absolute atomic E-state index is 0.434. The van der Waals surface area contributed by atoms with Gasteiger partial charge in [0.15, 0.2) is 5.82 Å². The van der Waals surface area contributed by atoms with Gasteiger partial charge in [0.25, 0.3) is 0 Å². The molecule has 1 aromatic heterocycles. The molecule has 0 atom stereocenters. The number of nitrogens with one attached hydrogen (secondary N) is 2. The maximum absolute atomic E-state index is 6.11. The molecule has 0 spiro atoms. The topological polar surface area (TPSA) is 59.1 Å². The SMILES string of the molecule is CCCNc1ncc(Cl)c(Nc2ccc(OC)c(Cl)c2)n1. The molecule has 0 bridgehead atoms. The highest BCUT2D eigenvalue weighted by Crippen LogP contribution is 2.30. The quantitative estimate of drug-likeness (QED) is 0.826. The van der Waals surface area contributed by atoms with E-state index in [-0.39, 0.29) is 0 Å². The second-order valence-corrected chi connectivity index (χ2v) is 5.11. The molecule has 1 heterocycles. The van der Waals surface area contributed by atoms with Gasteiger partial charge in [-0.2, -0.15) is 4.98 Å². The molecule has 5 nitrogen and oxygen atoms in total. The zero-order valence-electron chi connectivity index (χ0n) is 11.8. The summed E-state index contributed by atoms with van der Waals surface area (Å²) < 4.78 is 5.12. The molecular weight excluding hydrogens is 311 g/mol. The van der Waals surface area contributed by atoms with Crippen molar-refractivity contribution >= 4 is 40.7 Å². The van der Waals surface area contributed by atoms with Crippen molar-refractivity contribution in [3.63, 3.8) is 0 Å². The molecule has 21 heavy (non-hydrogen) atoms. The van der Waals surface area contributed by atoms with Gasteiger partial charge in [0.2, 0.25) is 5.95 Å². The number of rotatable bonds is 6. The van der Waals surface area contributed by atoms with Crippen molar-refractivity contribution in [3.8, 4) is 5.75 Å². The summed E-state index contributed by atoms with van der Waals surface area (Å²) in [6.45, 7) is 2.87. The van der Waals surface area contributed by atoms with Crippen molar-refractivity contribution in [2.24, 2.45) is 0 Å². The first kappa shape index (κ1) is 15.7. The second-order valence-electron chi connectivity index (χ2n) is 4.29. The number of hydrogen-bond acceptors (Lipinski definition) is 5. The monoisotopic (exact) mass is 326 g/mol. The van der Waals surface area contributed by atoms with Gasteiger partial charge in [0, 0.05) is 12.2 Å². The van der Waals surface area contributed by atoms with E-state index in [2.05, 4.69) is 27.5 Å². The highest BCUT2D eigenvalue weighted by Gasteiger charge is 2.07. The average molecular weight is 327 g/mol. The summed E-state index contributed by atoms with van der Waals surface area (Å²) in [5, 5.41) is 7.17. The first-order valence-corrected chi connectivity index (χ1v) is 7.26. The molecule has 0 radical (unpaired) electrons. The summed E-state index contributed by atoms with van der Waals surface area (Å²) >= 11 is 12.2. The number of ether oxygens (including phenoxy) is 1. The van der Waals surface area contributed by atoms with Crippen molar-refractivity contribution in [1.82, 2.24) is 9.97 Å². The lowest BCUT2D eigenvalue weighted by atomic mass is 10.3. The van der Waals surface area contributed by atoms with Crippen LogP contribution < -0.4 is 15.4 Å². The van der Waals surface area contributed by atoms with Crippen LogP contribution in [0.3, 0.4) is 0 Å². The molecule has 0 fully saturated rings. The molecule has 0 aliphatic carbocycles. The molecule has 1 aromatic carbocycles.